The summed E-state index contributed by atoms with van der Waals surface area (Å²) in [6.45, 7) is 3.03. The van der Waals surface area contributed by atoms with Crippen LogP contribution in [-0.2, 0) is 6.54 Å². The predicted molar refractivity (Wildman–Crippen MR) is 86.5 cm³/mol. The second kappa shape index (κ2) is 7.22. The summed E-state index contributed by atoms with van der Waals surface area (Å²) in [6.07, 6.45) is 2.50. The first-order valence-corrected chi connectivity index (χ1v) is 7.56. The number of nitrogens with zero attached hydrogens (tertiary/aromatic N) is 1. The molecule has 0 aliphatic rings. The van der Waals surface area contributed by atoms with Crippen molar-refractivity contribution < 1.29 is 4.79 Å². The molecule has 0 aliphatic heterocycles. The van der Waals surface area contributed by atoms with E-state index < -0.39 is 0 Å². The number of aromatic nitrogens is 1. The van der Waals surface area contributed by atoms with Gasteiger partial charge in [0.1, 0.15) is 0 Å². The second-order valence-electron chi connectivity index (χ2n) is 4.85. The zero-order valence-corrected chi connectivity index (χ0v) is 13.4. The van der Waals surface area contributed by atoms with Crippen molar-refractivity contribution in [1.82, 2.24) is 9.88 Å². The summed E-state index contributed by atoms with van der Waals surface area (Å²) < 4.78 is 2.59. The van der Waals surface area contributed by atoms with Crippen molar-refractivity contribution in [3.63, 3.8) is 0 Å². The highest BCUT2D eigenvalue weighted by Gasteiger charge is 2.04. The molecule has 0 radical (unpaired) electrons. The fourth-order valence-electron chi connectivity index (χ4n) is 1.95. The third kappa shape index (κ3) is 4.56. The Hall–Kier alpha value is -1.88. The molecule has 0 aliphatic carbocycles. The van der Waals surface area contributed by atoms with Gasteiger partial charge in [0.2, 0.25) is 0 Å². The van der Waals surface area contributed by atoms with Gasteiger partial charge >= 0.3 is 0 Å². The number of carbonyl (C=O) groups excluding carboxylic acids is 1. The topological polar surface area (TPSA) is 51.1 Å². The van der Waals surface area contributed by atoms with Crippen LogP contribution in [0.15, 0.2) is 51.9 Å². The molecule has 0 unspecified atom stereocenters. The zero-order valence-electron chi connectivity index (χ0n) is 11.8. The van der Waals surface area contributed by atoms with Gasteiger partial charge in [0.25, 0.3) is 11.5 Å². The molecule has 5 heteroatoms. The highest BCUT2D eigenvalue weighted by molar-refractivity contribution is 9.10. The molecule has 21 heavy (non-hydrogen) atoms. The van der Waals surface area contributed by atoms with Crippen molar-refractivity contribution in [2.75, 3.05) is 6.54 Å². The van der Waals surface area contributed by atoms with Crippen LogP contribution in [0.25, 0.3) is 0 Å². The lowest BCUT2D eigenvalue weighted by Crippen LogP contribution is -2.26. The summed E-state index contributed by atoms with van der Waals surface area (Å²) in [4.78, 5) is 23.6. The third-order valence-electron chi connectivity index (χ3n) is 3.12. The number of halogens is 1. The molecule has 0 atom stereocenters. The van der Waals surface area contributed by atoms with Crippen LogP contribution < -0.4 is 10.9 Å². The van der Waals surface area contributed by atoms with Gasteiger partial charge < -0.3 is 9.88 Å². The van der Waals surface area contributed by atoms with Crippen LogP contribution in [-0.4, -0.2) is 17.0 Å². The minimum atomic E-state index is -0.0984. The smallest absolute Gasteiger partial charge is 0.251 e. The Morgan fingerprint density at radius 1 is 1.24 bits per heavy atom. The van der Waals surface area contributed by atoms with Crippen molar-refractivity contribution in [2.45, 2.75) is 19.9 Å². The van der Waals surface area contributed by atoms with Crippen LogP contribution in [0, 0.1) is 6.92 Å². The number of rotatable bonds is 5. The number of carbonyl (C=O) groups is 1. The van der Waals surface area contributed by atoms with E-state index in [1.165, 1.54) is 0 Å². The molecule has 0 fully saturated rings. The molecule has 2 rings (SSSR count). The molecule has 110 valence electrons. The molecule has 2 aromatic rings. The molecule has 1 N–H and O–H groups in total. The molecule has 0 spiro atoms. The Labute approximate surface area is 131 Å². The van der Waals surface area contributed by atoms with Gasteiger partial charge in [-0.25, -0.2) is 0 Å². The van der Waals surface area contributed by atoms with Crippen LogP contribution in [0.4, 0.5) is 0 Å². The van der Waals surface area contributed by atoms with Crippen molar-refractivity contribution in [3.8, 4) is 0 Å². The fraction of sp³-hybridized carbons (Fsp3) is 0.250. The van der Waals surface area contributed by atoms with E-state index in [4.69, 9.17) is 0 Å². The highest BCUT2D eigenvalue weighted by Crippen LogP contribution is 2.10. The minimum Gasteiger partial charge on any atom is -0.352 e. The Kier molecular flexibility index (Phi) is 5.33. The lowest BCUT2D eigenvalue weighted by atomic mass is 10.2. The molecule has 1 aromatic heterocycles. The number of hydrogen-bond acceptors (Lipinski definition) is 2. The maximum atomic E-state index is 11.9. The SMILES string of the molecule is Cc1ccn(CCCNC(=O)c2ccc(Br)cc2)c(=O)c1. The monoisotopic (exact) mass is 348 g/mol. The van der Waals surface area contributed by atoms with Crippen molar-refractivity contribution in [2.24, 2.45) is 0 Å². The fourth-order valence-corrected chi connectivity index (χ4v) is 2.21. The van der Waals surface area contributed by atoms with Crippen LogP contribution in [0.1, 0.15) is 22.3 Å². The first-order chi connectivity index (χ1) is 10.1. The van der Waals surface area contributed by atoms with Crippen LogP contribution >= 0.6 is 15.9 Å². The van der Waals surface area contributed by atoms with E-state index in [1.807, 2.05) is 25.1 Å². The van der Waals surface area contributed by atoms with Gasteiger partial charge in [-0.15, -0.1) is 0 Å². The van der Waals surface area contributed by atoms with E-state index >= 15 is 0 Å². The lowest BCUT2D eigenvalue weighted by Gasteiger charge is -2.07. The first-order valence-electron chi connectivity index (χ1n) is 6.77. The molecule has 0 saturated heterocycles. The number of hydrogen-bond donors (Lipinski definition) is 1. The first kappa shape index (κ1) is 15.5. The van der Waals surface area contributed by atoms with E-state index in [1.54, 1.807) is 29.0 Å². The van der Waals surface area contributed by atoms with E-state index in [2.05, 4.69) is 21.2 Å². The summed E-state index contributed by atoms with van der Waals surface area (Å²) in [5.74, 6) is -0.0984. The molecule has 1 aromatic carbocycles. The summed E-state index contributed by atoms with van der Waals surface area (Å²) in [5.41, 5.74) is 1.58. The Morgan fingerprint density at radius 2 is 1.95 bits per heavy atom. The molecular weight excluding hydrogens is 332 g/mol. The number of benzene rings is 1. The maximum Gasteiger partial charge on any atom is 0.251 e. The largest absolute Gasteiger partial charge is 0.352 e. The van der Waals surface area contributed by atoms with E-state index in [0.29, 0.717) is 25.1 Å². The molecule has 0 saturated carbocycles. The average Bonchev–Trinajstić information content (AvgIpc) is 2.46. The van der Waals surface area contributed by atoms with Crippen LogP contribution in [0.3, 0.4) is 0 Å². The van der Waals surface area contributed by atoms with E-state index in [-0.39, 0.29) is 11.5 Å². The van der Waals surface area contributed by atoms with Gasteiger partial charge in [-0.1, -0.05) is 15.9 Å². The van der Waals surface area contributed by atoms with Crippen molar-refractivity contribution in [1.29, 1.82) is 0 Å². The summed E-state index contributed by atoms with van der Waals surface area (Å²) >= 11 is 3.33. The Morgan fingerprint density at radius 3 is 2.62 bits per heavy atom. The van der Waals surface area contributed by atoms with Crippen LogP contribution in [0.2, 0.25) is 0 Å². The summed E-state index contributed by atoms with van der Waals surface area (Å²) in [7, 11) is 0. The van der Waals surface area contributed by atoms with Gasteiger partial charge in [-0.2, -0.15) is 0 Å². The minimum absolute atomic E-state index is 0.00534. The molecule has 4 nitrogen and oxygen atoms in total. The third-order valence-corrected chi connectivity index (χ3v) is 3.65. The number of nitrogens with one attached hydrogen (secondary N) is 1. The summed E-state index contributed by atoms with van der Waals surface area (Å²) in [6, 6.07) is 10.7. The Bertz CT molecular complexity index is 677. The number of amides is 1. The maximum absolute atomic E-state index is 11.9. The molecular formula is C16H17BrN2O2. The van der Waals surface area contributed by atoms with E-state index in [9.17, 15) is 9.59 Å². The van der Waals surface area contributed by atoms with Gasteiger partial charge in [0, 0.05) is 35.4 Å². The molecule has 1 heterocycles. The van der Waals surface area contributed by atoms with Crippen molar-refractivity contribution in [3.05, 3.63) is 68.5 Å². The number of pyridine rings is 1. The zero-order chi connectivity index (χ0) is 15.2. The van der Waals surface area contributed by atoms with Gasteiger partial charge in [0.15, 0.2) is 0 Å². The van der Waals surface area contributed by atoms with Gasteiger partial charge in [-0.3, -0.25) is 9.59 Å². The second-order valence-corrected chi connectivity index (χ2v) is 5.77. The normalized spacial score (nSPS) is 10.4. The number of aryl methyl sites for hydroxylation is 2. The Balaban J connectivity index is 1.80. The highest BCUT2D eigenvalue weighted by atomic mass is 79.9. The lowest BCUT2D eigenvalue weighted by molar-refractivity contribution is 0.0952. The molecule has 0 bridgehead atoms. The average molecular weight is 349 g/mol. The van der Waals surface area contributed by atoms with E-state index in [0.717, 1.165) is 10.0 Å². The van der Waals surface area contributed by atoms with Gasteiger partial charge in [0.05, 0.1) is 0 Å². The van der Waals surface area contributed by atoms with Gasteiger partial charge in [-0.05, 0) is 49.2 Å². The molecule has 1 amide bonds. The quantitative estimate of drug-likeness (QED) is 0.844. The van der Waals surface area contributed by atoms with Crippen LogP contribution in [0.5, 0.6) is 0 Å². The van der Waals surface area contributed by atoms with Crippen molar-refractivity contribution >= 4 is 21.8 Å². The standard InChI is InChI=1S/C16H17BrN2O2/c1-12-7-10-19(15(20)11-12)9-2-8-18-16(21)13-3-5-14(17)6-4-13/h3-7,10-11H,2,8-9H2,1H3,(H,18,21). The summed E-state index contributed by atoms with van der Waals surface area (Å²) in [5, 5.41) is 2.85. The predicted octanol–water partition coefficient (Wildman–Crippen LogP) is 2.74.